The van der Waals surface area contributed by atoms with Gasteiger partial charge in [-0.15, -0.1) is 0 Å². The quantitative estimate of drug-likeness (QED) is 0.618. The minimum atomic E-state index is -2.69. The summed E-state index contributed by atoms with van der Waals surface area (Å²) in [5.74, 6) is -2.35. The van der Waals surface area contributed by atoms with Crippen LogP contribution in [0.2, 0.25) is 0 Å². The van der Waals surface area contributed by atoms with Gasteiger partial charge in [-0.2, -0.15) is 0 Å². The average Bonchev–Trinajstić information content (AvgIpc) is 2.98. The number of rotatable bonds is 2. The minimum absolute atomic E-state index is 0.0660. The molecule has 0 saturated carbocycles. The summed E-state index contributed by atoms with van der Waals surface area (Å²) in [6.07, 6.45) is 0. The molecule has 0 saturated heterocycles. The highest BCUT2D eigenvalue weighted by Crippen LogP contribution is 2.51. The van der Waals surface area contributed by atoms with Crippen LogP contribution in [-0.2, 0) is 9.53 Å². The SMILES string of the molecule is COC(=O)[C@@]1(F)C(=O)c2cc3c(cc2[C@H]1C(C)C)OCO3. The van der Waals surface area contributed by atoms with E-state index >= 15 is 4.39 Å². The number of carbonyl (C=O) groups excluding carboxylic acids is 2. The van der Waals surface area contributed by atoms with Crippen molar-refractivity contribution in [1.82, 2.24) is 0 Å². The fourth-order valence-corrected chi connectivity index (χ4v) is 3.15. The molecule has 0 spiro atoms. The van der Waals surface area contributed by atoms with E-state index in [1.54, 1.807) is 19.9 Å². The summed E-state index contributed by atoms with van der Waals surface area (Å²) in [5, 5.41) is 0. The molecular formula is C15H15FO5. The van der Waals surface area contributed by atoms with E-state index in [9.17, 15) is 9.59 Å². The molecule has 0 amide bonds. The summed E-state index contributed by atoms with van der Waals surface area (Å²) < 4.78 is 30.3. The van der Waals surface area contributed by atoms with Crippen molar-refractivity contribution in [2.24, 2.45) is 5.92 Å². The van der Waals surface area contributed by atoms with Gasteiger partial charge in [0.2, 0.25) is 12.6 Å². The van der Waals surface area contributed by atoms with E-state index in [2.05, 4.69) is 4.74 Å². The predicted molar refractivity (Wildman–Crippen MR) is 70.3 cm³/mol. The molecule has 1 heterocycles. The zero-order valence-electron chi connectivity index (χ0n) is 11.9. The average molecular weight is 294 g/mol. The van der Waals surface area contributed by atoms with Crippen LogP contribution in [0.3, 0.4) is 0 Å². The van der Waals surface area contributed by atoms with E-state index in [0.29, 0.717) is 17.1 Å². The van der Waals surface area contributed by atoms with Crippen molar-refractivity contribution >= 4 is 11.8 Å². The first-order chi connectivity index (χ1) is 9.91. The van der Waals surface area contributed by atoms with Crippen LogP contribution in [0.25, 0.3) is 0 Å². The molecule has 2 atom stereocenters. The van der Waals surface area contributed by atoms with Gasteiger partial charge in [0.1, 0.15) is 0 Å². The molecule has 0 fully saturated rings. The van der Waals surface area contributed by atoms with E-state index in [1.165, 1.54) is 6.07 Å². The second kappa shape index (κ2) is 4.44. The number of benzene rings is 1. The molecule has 0 N–H and O–H groups in total. The lowest BCUT2D eigenvalue weighted by atomic mass is 9.80. The van der Waals surface area contributed by atoms with Crippen molar-refractivity contribution in [2.75, 3.05) is 13.9 Å². The van der Waals surface area contributed by atoms with Crippen LogP contribution in [-0.4, -0.2) is 31.3 Å². The molecule has 112 valence electrons. The van der Waals surface area contributed by atoms with Crippen molar-refractivity contribution < 1.29 is 28.2 Å². The number of fused-ring (bicyclic) bond motifs is 2. The van der Waals surface area contributed by atoms with E-state index in [1.807, 2.05) is 0 Å². The van der Waals surface area contributed by atoms with Gasteiger partial charge in [-0.1, -0.05) is 13.8 Å². The number of alkyl halides is 1. The highest BCUT2D eigenvalue weighted by Gasteiger charge is 2.61. The van der Waals surface area contributed by atoms with Crippen molar-refractivity contribution in [2.45, 2.75) is 25.4 Å². The van der Waals surface area contributed by atoms with E-state index in [-0.39, 0.29) is 18.3 Å². The Bertz CT molecular complexity index is 639. The summed E-state index contributed by atoms with van der Waals surface area (Å²) in [4.78, 5) is 24.4. The zero-order chi connectivity index (χ0) is 15.4. The van der Waals surface area contributed by atoms with Crippen LogP contribution in [0.15, 0.2) is 12.1 Å². The molecule has 0 bridgehead atoms. The van der Waals surface area contributed by atoms with Gasteiger partial charge < -0.3 is 14.2 Å². The number of Topliss-reactive ketones (excluding diaryl/α,β-unsaturated/α-hetero) is 1. The van der Waals surface area contributed by atoms with Gasteiger partial charge in [-0.25, -0.2) is 9.18 Å². The van der Waals surface area contributed by atoms with Gasteiger partial charge in [0, 0.05) is 11.5 Å². The number of halogens is 1. The topological polar surface area (TPSA) is 61.8 Å². The number of hydrogen-bond acceptors (Lipinski definition) is 5. The largest absolute Gasteiger partial charge is 0.466 e. The molecule has 1 aliphatic carbocycles. The van der Waals surface area contributed by atoms with E-state index in [0.717, 1.165) is 7.11 Å². The molecule has 0 radical (unpaired) electrons. The third-order valence-electron chi connectivity index (χ3n) is 4.03. The fourth-order valence-electron chi connectivity index (χ4n) is 3.15. The number of ether oxygens (including phenoxy) is 3. The molecule has 6 heteroatoms. The highest BCUT2D eigenvalue weighted by molar-refractivity contribution is 6.20. The Labute approximate surface area is 121 Å². The van der Waals surface area contributed by atoms with Crippen LogP contribution >= 0.6 is 0 Å². The standard InChI is InChI=1S/C15H15FO5/c1-7(2)12-8-4-10-11(21-6-20-10)5-9(8)13(17)15(12,16)14(18)19-3/h4-5,7,12H,6H2,1-3H3/t12-,15+/m1/s1. The van der Waals surface area contributed by atoms with Gasteiger partial charge in [0.15, 0.2) is 11.5 Å². The van der Waals surface area contributed by atoms with Crippen molar-refractivity contribution in [1.29, 1.82) is 0 Å². The number of esters is 1. The van der Waals surface area contributed by atoms with Crippen LogP contribution in [0.5, 0.6) is 11.5 Å². The first kappa shape index (κ1) is 13.9. The molecule has 1 aliphatic heterocycles. The monoisotopic (exact) mass is 294 g/mol. The normalized spacial score (nSPS) is 26.1. The molecule has 5 nitrogen and oxygen atoms in total. The first-order valence-electron chi connectivity index (χ1n) is 6.67. The highest BCUT2D eigenvalue weighted by atomic mass is 19.1. The van der Waals surface area contributed by atoms with Crippen molar-refractivity contribution in [3.8, 4) is 11.5 Å². The first-order valence-corrected chi connectivity index (χ1v) is 6.67. The molecule has 2 aliphatic rings. The van der Waals surface area contributed by atoms with Crippen LogP contribution < -0.4 is 9.47 Å². The molecule has 0 aromatic heterocycles. The third kappa shape index (κ3) is 1.68. The van der Waals surface area contributed by atoms with Crippen molar-refractivity contribution in [3.05, 3.63) is 23.3 Å². The summed E-state index contributed by atoms with van der Waals surface area (Å²) in [6.45, 7) is 3.58. The molecule has 21 heavy (non-hydrogen) atoms. The van der Waals surface area contributed by atoms with Crippen LogP contribution in [0, 0.1) is 5.92 Å². The minimum Gasteiger partial charge on any atom is -0.466 e. The summed E-state index contributed by atoms with van der Waals surface area (Å²) in [5.41, 5.74) is -2.07. The second-order valence-electron chi connectivity index (χ2n) is 5.55. The lowest BCUT2D eigenvalue weighted by Gasteiger charge is -2.26. The Hall–Kier alpha value is -2.11. The maximum Gasteiger partial charge on any atom is 0.352 e. The number of methoxy groups -OCH3 is 1. The lowest BCUT2D eigenvalue weighted by molar-refractivity contribution is -0.152. The fraction of sp³-hybridized carbons (Fsp3) is 0.467. The Morgan fingerprint density at radius 3 is 2.57 bits per heavy atom. The van der Waals surface area contributed by atoms with Crippen LogP contribution in [0.1, 0.15) is 35.7 Å². The summed E-state index contributed by atoms with van der Waals surface area (Å²) in [6, 6.07) is 3.03. The maximum absolute atomic E-state index is 15.3. The molecular weight excluding hydrogens is 279 g/mol. The smallest absolute Gasteiger partial charge is 0.352 e. The third-order valence-corrected chi connectivity index (χ3v) is 4.03. The van der Waals surface area contributed by atoms with E-state index in [4.69, 9.17) is 9.47 Å². The van der Waals surface area contributed by atoms with Gasteiger partial charge in [-0.05, 0) is 23.6 Å². The molecule has 0 unspecified atom stereocenters. The number of carbonyl (C=O) groups is 2. The Balaban J connectivity index is 2.21. The molecule has 1 aromatic carbocycles. The summed E-state index contributed by atoms with van der Waals surface area (Å²) >= 11 is 0. The van der Waals surface area contributed by atoms with Gasteiger partial charge in [-0.3, -0.25) is 4.79 Å². The number of ketones is 1. The number of hydrogen-bond donors (Lipinski definition) is 0. The molecule has 3 rings (SSSR count). The van der Waals surface area contributed by atoms with Crippen molar-refractivity contribution in [3.63, 3.8) is 0 Å². The lowest BCUT2D eigenvalue weighted by Crippen LogP contribution is -2.45. The van der Waals surface area contributed by atoms with Gasteiger partial charge >= 0.3 is 5.97 Å². The Kier molecular flexibility index (Phi) is 2.93. The Morgan fingerprint density at radius 1 is 1.38 bits per heavy atom. The molecule has 1 aromatic rings. The van der Waals surface area contributed by atoms with Gasteiger partial charge in [0.25, 0.3) is 5.67 Å². The summed E-state index contributed by atoms with van der Waals surface area (Å²) in [7, 11) is 1.07. The predicted octanol–water partition coefficient (Wildman–Crippen LogP) is 2.23. The zero-order valence-corrected chi connectivity index (χ0v) is 11.9. The van der Waals surface area contributed by atoms with E-state index < -0.39 is 23.3 Å². The second-order valence-corrected chi connectivity index (χ2v) is 5.55. The Morgan fingerprint density at radius 2 is 2.00 bits per heavy atom. The maximum atomic E-state index is 15.3. The van der Waals surface area contributed by atoms with Crippen LogP contribution in [0.4, 0.5) is 4.39 Å². The van der Waals surface area contributed by atoms with Gasteiger partial charge in [0.05, 0.1) is 7.11 Å².